The molecule has 0 aromatic heterocycles. The Morgan fingerprint density at radius 1 is 1.40 bits per heavy atom. The molecule has 10 heavy (non-hydrogen) atoms. The van der Waals surface area contributed by atoms with Crippen molar-refractivity contribution in [2.24, 2.45) is 0 Å². The lowest BCUT2D eigenvalue weighted by atomic mass is 10.1. The van der Waals surface area contributed by atoms with Crippen molar-refractivity contribution in [2.75, 3.05) is 0 Å². The summed E-state index contributed by atoms with van der Waals surface area (Å²) in [6.45, 7) is 6.04. The molecule has 52 valence electrons. The molecule has 0 bridgehead atoms. The van der Waals surface area contributed by atoms with Gasteiger partial charge in [0.15, 0.2) is 0 Å². The van der Waals surface area contributed by atoms with E-state index in [-0.39, 0.29) is 0 Å². The number of hydrogen-bond donors (Lipinski definition) is 0. The van der Waals surface area contributed by atoms with Gasteiger partial charge in [-0.1, -0.05) is 31.2 Å². The van der Waals surface area contributed by atoms with Gasteiger partial charge in [-0.15, -0.1) is 0 Å². The Hall–Kier alpha value is -0.780. The van der Waals surface area contributed by atoms with E-state index in [2.05, 4.69) is 26.3 Å². The highest BCUT2D eigenvalue weighted by molar-refractivity contribution is 5.34. The quantitative estimate of drug-likeness (QED) is 0.580. The van der Waals surface area contributed by atoms with Crippen LogP contribution in [0.4, 0.5) is 0 Å². The van der Waals surface area contributed by atoms with Gasteiger partial charge in [0.1, 0.15) is 0 Å². The van der Waals surface area contributed by atoms with Crippen molar-refractivity contribution in [1.82, 2.24) is 0 Å². The summed E-state index contributed by atoms with van der Waals surface area (Å²) in [5, 5.41) is 0. The van der Waals surface area contributed by atoms with Gasteiger partial charge in [-0.25, -0.2) is 0 Å². The first-order valence-corrected chi connectivity index (χ1v) is 3.58. The number of hydrogen-bond acceptors (Lipinski definition) is 0. The highest BCUT2D eigenvalue weighted by Gasteiger charge is 1.92. The molecule has 0 heteroatoms. The molecule has 0 nitrogen and oxygen atoms in total. The summed E-state index contributed by atoms with van der Waals surface area (Å²) >= 11 is 0. The molecule has 0 atom stereocenters. The highest BCUT2D eigenvalue weighted by Crippen LogP contribution is 2.10. The third-order valence-electron chi connectivity index (χ3n) is 1.48. The Balaban J connectivity index is 2.81. The molecule has 0 fully saturated rings. The monoisotopic (exact) mass is 132 g/mol. The van der Waals surface area contributed by atoms with Crippen molar-refractivity contribution in [3.05, 3.63) is 48.7 Å². The van der Waals surface area contributed by atoms with Crippen LogP contribution in [0.15, 0.2) is 24.3 Å². The Morgan fingerprint density at radius 3 is 2.70 bits per heavy atom. The van der Waals surface area contributed by atoms with Gasteiger partial charge >= 0.3 is 0 Å². The molecule has 2 radical (unpaired) electrons. The first-order chi connectivity index (χ1) is 4.84. The topological polar surface area (TPSA) is 0 Å². The Labute approximate surface area is 62.9 Å². The molecule has 0 saturated heterocycles. The number of benzene rings is 1. The van der Waals surface area contributed by atoms with Crippen LogP contribution in [0.1, 0.15) is 24.5 Å². The van der Waals surface area contributed by atoms with E-state index < -0.39 is 0 Å². The molecule has 0 unspecified atom stereocenters. The number of rotatable bonds is 2. The molecule has 0 heterocycles. The van der Waals surface area contributed by atoms with Gasteiger partial charge in [-0.3, -0.25) is 0 Å². The standard InChI is InChI=1S/C10H12/c1-3-6-10-8-5-4-7-9(10)2/h4-8H,2-3H2,1H3. The fraction of sp³-hybridized carbons (Fsp3) is 0.200. The zero-order valence-electron chi connectivity index (χ0n) is 6.30. The smallest absolute Gasteiger partial charge is 0.00930 e. The zero-order chi connectivity index (χ0) is 7.40. The average Bonchev–Trinajstić information content (AvgIpc) is 1.94. The average molecular weight is 132 g/mol. The molecule has 0 aliphatic heterocycles. The first-order valence-electron chi connectivity index (χ1n) is 3.58. The minimum atomic E-state index is 1.08. The van der Waals surface area contributed by atoms with Gasteiger partial charge in [0.25, 0.3) is 0 Å². The minimum absolute atomic E-state index is 1.08. The van der Waals surface area contributed by atoms with Crippen molar-refractivity contribution in [3.63, 3.8) is 0 Å². The van der Waals surface area contributed by atoms with Gasteiger partial charge in [0.2, 0.25) is 0 Å². The van der Waals surface area contributed by atoms with Gasteiger partial charge in [-0.05, 0) is 30.9 Å². The van der Waals surface area contributed by atoms with Gasteiger partial charge < -0.3 is 0 Å². The summed E-state index contributed by atoms with van der Waals surface area (Å²) in [5.41, 5.74) is 2.37. The lowest BCUT2D eigenvalue weighted by Gasteiger charge is -2.00. The second-order valence-electron chi connectivity index (χ2n) is 2.31. The van der Waals surface area contributed by atoms with Crippen LogP contribution in [0.2, 0.25) is 0 Å². The van der Waals surface area contributed by atoms with E-state index in [1.54, 1.807) is 0 Å². The van der Waals surface area contributed by atoms with Crippen LogP contribution < -0.4 is 0 Å². The third kappa shape index (κ3) is 1.60. The van der Waals surface area contributed by atoms with Gasteiger partial charge in [0.05, 0.1) is 0 Å². The van der Waals surface area contributed by atoms with Crippen molar-refractivity contribution in [1.29, 1.82) is 0 Å². The SMILES string of the molecule is [CH2]c1ccccc1[CH]CC. The molecule has 1 aromatic rings. The summed E-state index contributed by atoms with van der Waals surface area (Å²) < 4.78 is 0. The van der Waals surface area contributed by atoms with Crippen LogP contribution in [0.5, 0.6) is 0 Å². The van der Waals surface area contributed by atoms with Crippen molar-refractivity contribution >= 4 is 0 Å². The predicted molar refractivity (Wildman–Crippen MR) is 44.6 cm³/mol. The Morgan fingerprint density at radius 2 is 2.10 bits per heavy atom. The lowest BCUT2D eigenvalue weighted by molar-refractivity contribution is 1.12. The van der Waals surface area contributed by atoms with E-state index in [1.165, 1.54) is 5.56 Å². The third-order valence-corrected chi connectivity index (χ3v) is 1.48. The Kier molecular flexibility index (Phi) is 2.49. The maximum absolute atomic E-state index is 3.91. The van der Waals surface area contributed by atoms with E-state index in [1.807, 2.05) is 18.2 Å². The second kappa shape index (κ2) is 3.40. The van der Waals surface area contributed by atoms with Crippen LogP contribution in [0, 0.1) is 13.3 Å². The van der Waals surface area contributed by atoms with Crippen LogP contribution >= 0.6 is 0 Å². The normalized spacial score (nSPS) is 9.80. The van der Waals surface area contributed by atoms with Crippen LogP contribution in [-0.2, 0) is 0 Å². The zero-order valence-corrected chi connectivity index (χ0v) is 6.30. The van der Waals surface area contributed by atoms with E-state index >= 15 is 0 Å². The van der Waals surface area contributed by atoms with Crippen molar-refractivity contribution in [2.45, 2.75) is 13.3 Å². The highest BCUT2D eigenvalue weighted by atomic mass is 14.0. The van der Waals surface area contributed by atoms with E-state index in [4.69, 9.17) is 0 Å². The molecular formula is C10H12. The summed E-state index contributed by atoms with van der Waals surface area (Å²) in [7, 11) is 0. The molecule has 0 spiro atoms. The molecule has 0 saturated carbocycles. The molecule has 0 aliphatic carbocycles. The summed E-state index contributed by atoms with van der Waals surface area (Å²) in [6.07, 6.45) is 3.26. The summed E-state index contributed by atoms with van der Waals surface area (Å²) in [5.74, 6) is 0. The van der Waals surface area contributed by atoms with Crippen LogP contribution in [0.3, 0.4) is 0 Å². The maximum atomic E-state index is 3.91. The molecule has 1 rings (SSSR count). The largest absolute Gasteiger partial charge is 0.0648 e. The van der Waals surface area contributed by atoms with Crippen LogP contribution in [0.25, 0.3) is 0 Å². The molecular weight excluding hydrogens is 120 g/mol. The van der Waals surface area contributed by atoms with Crippen molar-refractivity contribution in [3.8, 4) is 0 Å². The second-order valence-corrected chi connectivity index (χ2v) is 2.31. The molecule has 0 aliphatic rings. The van der Waals surface area contributed by atoms with Gasteiger partial charge in [-0.2, -0.15) is 0 Å². The summed E-state index contributed by atoms with van der Waals surface area (Å²) in [6, 6.07) is 8.17. The molecule has 0 amide bonds. The van der Waals surface area contributed by atoms with Crippen LogP contribution in [-0.4, -0.2) is 0 Å². The van der Waals surface area contributed by atoms with E-state index in [0.717, 1.165) is 12.0 Å². The van der Waals surface area contributed by atoms with Crippen molar-refractivity contribution < 1.29 is 0 Å². The fourth-order valence-electron chi connectivity index (χ4n) is 0.953. The molecule has 0 N–H and O–H groups in total. The molecule has 1 aromatic carbocycles. The van der Waals surface area contributed by atoms with E-state index in [0.29, 0.717) is 0 Å². The summed E-state index contributed by atoms with van der Waals surface area (Å²) in [4.78, 5) is 0. The lowest BCUT2D eigenvalue weighted by Crippen LogP contribution is -1.83. The van der Waals surface area contributed by atoms with E-state index in [9.17, 15) is 0 Å². The minimum Gasteiger partial charge on any atom is -0.0648 e. The predicted octanol–water partition coefficient (Wildman–Crippen LogP) is 2.83. The first kappa shape index (κ1) is 7.33. The van der Waals surface area contributed by atoms with Gasteiger partial charge in [0, 0.05) is 0 Å². The Bertz CT molecular complexity index is 201. The maximum Gasteiger partial charge on any atom is -0.00930 e. The fourth-order valence-corrected chi connectivity index (χ4v) is 0.953.